The van der Waals surface area contributed by atoms with Gasteiger partial charge in [-0.3, -0.25) is 9.88 Å². The van der Waals surface area contributed by atoms with Crippen molar-refractivity contribution in [2.75, 3.05) is 21.3 Å². The molecule has 1 heterocycles. The Labute approximate surface area is 106 Å². The summed E-state index contributed by atoms with van der Waals surface area (Å²) in [5.74, 6) is -0.506. The normalized spacial score (nSPS) is 11.5. The van der Waals surface area contributed by atoms with Gasteiger partial charge in [0.2, 0.25) is 0 Å². The van der Waals surface area contributed by atoms with E-state index in [0.717, 1.165) is 0 Å². The first-order valence-electron chi connectivity index (χ1n) is 5.38. The van der Waals surface area contributed by atoms with Crippen LogP contribution in [0, 0.1) is 0 Å². The van der Waals surface area contributed by atoms with Gasteiger partial charge in [0.1, 0.15) is 6.04 Å². The molecule has 1 atom stereocenters. The van der Waals surface area contributed by atoms with E-state index in [-0.39, 0.29) is 6.42 Å². The molecule has 1 rings (SSSR count). The lowest BCUT2D eigenvalue weighted by atomic mass is 10.1. The Bertz CT molecular complexity index is 408. The van der Waals surface area contributed by atoms with Crippen LogP contribution < -0.4 is 0 Å². The second-order valence-electron chi connectivity index (χ2n) is 3.65. The van der Waals surface area contributed by atoms with Gasteiger partial charge in [0.25, 0.3) is 0 Å². The number of esters is 1. The summed E-state index contributed by atoms with van der Waals surface area (Å²) in [6.45, 7) is 0. The Balaban J connectivity index is 2.86. The molecule has 1 amide bonds. The van der Waals surface area contributed by atoms with E-state index >= 15 is 0 Å². The van der Waals surface area contributed by atoms with E-state index in [4.69, 9.17) is 0 Å². The molecule has 0 spiro atoms. The second-order valence-corrected chi connectivity index (χ2v) is 3.65. The quantitative estimate of drug-likeness (QED) is 0.743. The van der Waals surface area contributed by atoms with Crippen molar-refractivity contribution in [3.8, 4) is 0 Å². The second kappa shape index (κ2) is 6.58. The summed E-state index contributed by atoms with van der Waals surface area (Å²) >= 11 is 0. The standard InChI is InChI=1S/C12H16N2O4/c1-14(12(16)18-3)10(11(15)17-2)8-9-6-4-5-7-13-9/h4-7,10H,8H2,1-3H3. The number of pyridine rings is 1. The summed E-state index contributed by atoms with van der Waals surface area (Å²) in [5, 5.41) is 0. The third kappa shape index (κ3) is 3.44. The van der Waals surface area contributed by atoms with Gasteiger partial charge in [0, 0.05) is 25.4 Å². The zero-order chi connectivity index (χ0) is 13.5. The van der Waals surface area contributed by atoms with E-state index in [1.54, 1.807) is 18.3 Å². The molecule has 0 aromatic carbocycles. The minimum Gasteiger partial charge on any atom is -0.467 e. The van der Waals surface area contributed by atoms with Gasteiger partial charge in [-0.25, -0.2) is 9.59 Å². The Morgan fingerprint density at radius 3 is 2.56 bits per heavy atom. The maximum absolute atomic E-state index is 11.7. The molecule has 1 unspecified atom stereocenters. The summed E-state index contributed by atoms with van der Waals surface area (Å²) in [4.78, 5) is 28.4. The molecule has 98 valence electrons. The Morgan fingerprint density at radius 1 is 1.33 bits per heavy atom. The van der Waals surface area contributed by atoms with Gasteiger partial charge in [-0.1, -0.05) is 6.07 Å². The number of nitrogens with zero attached hydrogens (tertiary/aromatic N) is 2. The SMILES string of the molecule is COC(=O)C(Cc1ccccn1)N(C)C(=O)OC. The number of ether oxygens (including phenoxy) is 2. The van der Waals surface area contributed by atoms with Crippen LogP contribution in [0.2, 0.25) is 0 Å². The Morgan fingerprint density at radius 2 is 2.06 bits per heavy atom. The van der Waals surface area contributed by atoms with Crippen molar-refractivity contribution in [2.24, 2.45) is 0 Å². The molecular weight excluding hydrogens is 236 g/mol. The maximum atomic E-state index is 11.7. The lowest BCUT2D eigenvalue weighted by Gasteiger charge is -2.24. The van der Waals surface area contributed by atoms with E-state index in [0.29, 0.717) is 5.69 Å². The van der Waals surface area contributed by atoms with Crippen molar-refractivity contribution in [1.82, 2.24) is 9.88 Å². The molecule has 0 radical (unpaired) electrons. The van der Waals surface area contributed by atoms with Crippen LogP contribution in [0.3, 0.4) is 0 Å². The molecule has 1 aromatic rings. The highest BCUT2D eigenvalue weighted by Crippen LogP contribution is 2.08. The van der Waals surface area contributed by atoms with Crippen molar-refractivity contribution in [3.63, 3.8) is 0 Å². The number of amides is 1. The molecule has 0 aliphatic rings. The van der Waals surface area contributed by atoms with E-state index in [9.17, 15) is 9.59 Å². The van der Waals surface area contributed by atoms with E-state index in [1.165, 1.54) is 26.2 Å². The minimum atomic E-state index is -0.752. The fourth-order valence-electron chi connectivity index (χ4n) is 1.50. The fraction of sp³-hybridized carbons (Fsp3) is 0.417. The van der Waals surface area contributed by atoms with E-state index < -0.39 is 18.1 Å². The molecule has 6 nitrogen and oxygen atoms in total. The van der Waals surface area contributed by atoms with Crippen LogP contribution in [0.25, 0.3) is 0 Å². The zero-order valence-corrected chi connectivity index (χ0v) is 10.6. The Kier molecular flexibility index (Phi) is 5.10. The van der Waals surface area contributed by atoms with Gasteiger partial charge in [0.05, 0.1) is 14.2 Å². The van der Waals surface area contributed by atoms with Crippen molar-refractivity contribution >= 4 is 12.1 Å². The lowest BCUT2D eigenvalue weighted by molar-refractivity contribution is -0.145. The summed E-state index contributed by atoms with van der Waals surface area (Å²) in [7, 11) is 4.02. The molecule has 18 heavy (non-hydrogen) atoms. The molecule has 0 fully saturated rings. The van der Waals surface area contributed by atoms with Gasteiger partial charge >= 0.3 is 12.1 Å². The third-order valence-corrected chi connectivity index (χ3v) is 2.53. The van der Waals surface area contributed by atoms with Crippen molar-refractivity contribution in [1.29, 1.82) is 0 Å². The number of carbonyl (C=O) groups excluding carboxylic acids is 2. The van der Waals surface area contributed by atoms with Gasteiger partial charge < -0.3 is 9.47 Å². The van der Waals surface area contributed by atoms with Crippen LogP contribution in [0.15, 0.2) is 24.4 Å². The first-order valence-corrected chi connectivity index (χ1v) is 5.38. The number of hydrogen-bond donors (Lipinski definition) is 0. The molecule has 1 aromatic heterocycles. The maximum Gasteiger partial charge on any atom is 0.409 e. The average molecular weight is 252 g/mol. The zero-order valence-electron chi connectivity index (χ0n) is 10.6. The van der Waals surface area contributed by atoms with Crippen LogP contribution in [0.1, 0.15) is 5.69 Å². The predicted molar refractivity (Wildman–Crippen MR) is 63.9 cm³/mol. The van der Waals surface area contributed by atoms with Gasteiger partial charge in [0.15, 0.2) is 0 Å². The van der Waals surface area contributed by atoms with Crippen molar-refractivity contribution < 1.29 is 19.1 Å². The predicted octanol–water partition coefficient (Wildman–Crippen LogP) is 0.864. The number of aromatic nitrogens is 1. The number of carbonyl (C=O) groups is 2. The van der Waals surface area contributed by atoms with Gasteiger partial charge in [-0.15, -0.1) is 0 Å². The smallest absolute Gasteiger partial charge is 0.409 e. The van der Waals surface area contributed by atoms with Crippen molar-refractivity contribution in [3.05, 3.63) is 30.1 Å². The number of rotatable bonds is 4. The van der Waals surface area contributed by atoms with Crippen LogP contribution in [-0.4, -0.2) is 49.3 Å². The number of methoxy groups -OCH3 is 2. The first-order chi connectivity index (χ1) is 8.60. The molecule has 0 saturated carbocycles. The highest BCUT2D eigenvalue weighted by Gasteiger charge is 2.28. The minimum absolute atomic E-state index is 0.277. The first kappa shape index (κ1) is 14.0. The summed E-state index contributed by atoms with van der Waals surface area (Å²) in [6.07, 6.45) is 1.31. The van der Waals surface area contributed by atoms with Gasteiger partial charge in [-0.2, -0.15) is 0 Å². The third-order valence-electron chi connectivity index (χ3n) is 2.53. The topological polar surface area (TPSA) is 68.7 Å². The summed E-state index contributed by atoms with van der Waals surface area (Å²) in [6, 6.07) is 4.62. The van der Waals surface area contributed by atoms with Crippen LogP contribution in [0.5, 0.6) is 0 Å². The fourth-order valence-corrected chi connectivity index (χ4v) is 1.50. The monoisotopic (exact) mass is 252 g/mol. The number of likely N-dealkylation sites (N-methyl/N-ethyl adjacent to an activating group) is 1. The van der Waals surface area contributed by atoms with E-state index in [2.05, 4.69) is 14.5 Å². The molecule has 0 bridgehead atoms. The van der Waals surface area contributed by atoms with Crippen LogP contribution >= 0.6 is 0 Å². The summed E-state index contributed by atoms with van der Waals surface area (Å²) < 4.78 is 9.27. The van der Waals surface area contributed by atoms with Gasteiger partial charge in [-0.05, 0) is 12.1 Å². The average Bonchev–Trinajstić information content (AvgIpc) is 2.43. The number of hydrogen-bond acceptors (Lipinski definition) is 5. The van der Waals surface area contributed by atoms with Crippen LogP contribution in [-0.2, 0) is 20.7 Å². The van der Waals surface area contributed by atoms with Crippen molar-refractivity contribution in [2.45, 2.75) is 12.5 Å². The molecule has 0 aliphatic heterocycles. The highest BCUT2D eigenvalue weighted by molar-refractivity contribution is 5.81. The molecule has 0 N–H and O–H groups in total. The van der Waals surface area contributed by atoms with E-state index in [1.807, 2.05) is 6.07 Å². The molecule has 6 heteroatoms. The van der Waals surface area contributed by atoms with Crippen LogP contribution in [0.4, 0.5) is 4.79 Å². The largest absolute Gasteiger partial charge is 0.467 e. The molecule has 0 aliphatic carbocycles. The molecular formula is C12H16N2O4. The Hall–Kier alpha value is -2.11. The summed E-state index contributed by atoms with van der Waals surface area (Å²) in [5.41, 5.74) is 0.698. The lowest BCUT2D eigenvalue weighted by Crippen LogP contribution is -2.44. The molecule has 0 saturated heterocycles. The highest BCUT2D eigenvalue weighted by atomic mass is 16.5.